The van der Waals surface area contributed by atoms with Crippen molar-refractivity contribution in [3.8, 4) is 0 Å². The number of aryl methyl sites for hydroxylation is 1. The van der Waals surface area contributed by atoms with Crippen LogP contribution in [0, 0.1) is 5.82 Å². The summed E-state index contributed by atoms with van der Waals surface area (Å²) >= 11 is 0. The second-order valence-electron chi connectivity index (χ2n) is 5.10. The molecule has 1 aliphatic heterocycles. The Balaban J connectivity index is 1.97. The van der Waals surface area contributed by atoms with Crippen molar-refractivity contribution in [2.24, 2.45) is 0 Å². The average molecular weight is 270 g/mol. The van der Waals surface area contributed by atoms with E-state index in [0.717, 1.165) is 30.9 Å². The topological polar surface area (TPSA) is 15.3 Å². The zero-order chi connectivity index (χ0) is 13.9. The summed E-state index contributed by atoms with van der Waals surface area (Å²) < 4.78 is 13.4. The Kier molecular flexibility index (Phi) is 3.59. The normalized spacial score (nSPS) is 13.5. The molecule has 3 rings (SSSR count). The molecule has 0 aliphatic carbocycles. The molecule has 2 aromatic carbocycles. The zero-order valence-electron chi connectivity index (χ0n) is 11.7. The highest BCUT2D eigenvalue weighted by molar-refractivity contribution is 5.68. The lowest BCUT2D eigenvalue weighted by atomic mass is 10.0. The Morgan fingerprint density at radius 1 is 1.15 bits per heavy atom. The summed E-state index contributed by atoms with van der Waals surface area (Å²) in [5.41, 5.74) is 4.61. The van der Waals surface area contributed by atoms with Crippen LogP contribution in [0.25, 0.3) is 0 Å². The molecule has 1 N–H and O–H groups in total. The summed E-state index contributed by atoms with van der Waals surface area (Å²) in [7, 11) is 0. The van der Waals surface area contributed by atoms with Gasteiger partial charge < -0.3 is 10.2 Å². The van der Waals surface area contributed by atoms with Gasteiger partial charge in [0.2, 0.25) is 0 Å². The zero-order valence-corrected chi connectivity index (χ0v) is 11.7. The molecule has 0 radical (unpaired) electrons. The van der Waals surface area contributed by atoms with E-state index in [2.05, 4.69) is 35.3 Å². The van der Waals surface area contributed by atoms with Gasteiger partial charge in [0.15, 0.2) is 0 Å². The van der Waals surface area contributed by atoms with Crippen molar-refractivity contribution in [1.82, 2.24) is 0 Å². The molecule has 3 heteroatoms. The Bertz CT molecular complexity index is 610. The van der Waals surface area contributed by atoms with E-state index in [-0.39, 0.29) is 5.82 Å². The van der Waals surface area contributed by atoms with Crippen LogP contribution in [0.5, 0.6) is 0 Å². The second-order valence-corrected chi connectivity index (χ2v) is 5.10. The largest absolute Gasteiger partial charge is 0.385 e. The first-order valence-corrected chi connectivity index (χ1v) is 7.18. The van der Waals surface area contributed by atoms with Crippen LogP contribution in [0.4, 0.5) is 21.5 Å². The highest BCUT2D eigenvalue weighted by Crippen LogP contribution is 2.31. The van der Waals surface area contributed by atoms with Crippen LogP contribution in [0.2, 0.25) is 0 Å². The molecule has 0 atom stereocenters. The van der Waals surface area contributed by atoms with Gasteiger partial charge in [-0.05, 0) is 61.7 Å². The smallest absolute Gasteiger partial charge is 0.125 e. The molecule has 20 heavy (non-hydrogen) atoms. The van der Waals surface area contributed by atoms with Crippen molar-refractivity contribution in [3.63, 3.8) is 0 Å². The molecule has 0 fully saturated rings. The van der Waals surface area contributed by atoms with Gasteiger partial charge in [-0.1, -0.05) is 6.07 Å². The Labute approximate surface area is 119 Å². The number of rotatable bonds is 3. The van der Waals surface area contributed by atoms with E-state index in [4.69, 9.17) is 0 Å². The number of nitrogens with zero attached hydrogens (tertiary/aromatic N) is 1. The summed E-state index contributed by atoms with van der Waals surface area (Å²) in [6.45, 7) is 3.95. The number of hydrogen-bond acceptors (Lipinski definition) is 2. The van der Waals surface area contributed by atoms with Gasteiger partial charge in [0.05, 0.1) is 0 Å². The summed E-state index contributed by atoms with van der Waals surface area (Å²) in [5.74, 6) is -0.194. The van der Waals surface area contributed by atoms with Crippen LogP contribution in [0.1, 0.15) is 18.9 Å². The van der Waals surface area contributed by atoms with Gasteiger partial charge >= 0.3 is 0 Å². The molecule has 0 bridgehead atoms. The van der Waals surface area contributed by atoms with Crippen LogP contribution in [-0.2, 0) is 6.42 Å². The van der Waals surface area contributed by atoms with E-state index < -0.39 is 0 Å². The highest BCUT2D eigenvalue weighted by atomic mass is 19.1. The van der Waals surface area contributed by atoms with Crippen molar-refractivity contribution in [2.75, 3.05) is 23.3 Å². The lowest BCUT2D eigenvalue weighted by molar-refractivity contribution is 0.627. The van der Waals surface area contributed by atoms with Crippen molar-refractivity contribution < 1.29 is 4.39 Å². The fourth-order valence-electron chi connectivity index (χ4n) is 2.79. The summed E-state index contributed by atoms with van der Waals surface area (Å²) in [4.78, 5) is 2.14. The minimum absolute atomic E-state index is 0.194. The SMILES string of the molecule is CCN(c1cccc(F)c1)c1ccc2c(c1)CCCN2. The van der Waals surface area contributed by atoms with Gasteiger partial charge in [0, 0.05) is 30.2 Å². The molecule has 0 aromatic heterocycles. The van der Waals surface area contributed by atoms with Crippen molar-refractivity contribution in [2.45, 2.75) is 19.8 Å². The van der Waals surface area contributed by atoms with E-state index in [0.29, 0.717) is 0 Å². The first kappa shape index (κ1) is 13.0. The van der Waals surface area contributed by atoms with Gasteiger partial charge in [0.1, 0.15) is 5.82 Å². The molecule has 0 spiro atoms. The molecule has 1 aliphatic rings. The molecule has 0 amide bonds. The van der Waals surface area contributed by atoms with Crippen LogP contribution in [0.3, 0.4) is 0 Å². The van der Waals surface area contributed by atoms with Gasteiger partial charge in [0.25, 0.3) is 0 Å². The predicted octanol–water partition coefficient (Wildman–Crippen LogP) is 4.34. The number of nitrogens with one attached hydrogen (secondary N) is 1. The average Bonchev–Trinajstić information content (AvgIpc) is 2.48. The maximum absolute atomic E-state index is 13.4. The molecular formula is C17H19FN2. The summed E-state index contributed by atoms with van der Waals surface area (Å²) in [5, 5.41) is 3.42. The summed E-state index contributed by atoms with van der Waals surface area (Å²) in [6, 6.07) is 13.2. The Morgan fingerprint density at radius 3 is 2.80 bits per heavy atom. The van der Waals surface area contributed by atoms with E-state index in [1.165, 1.54) is 23.7 Å². The third-order valence-corrected chi connectivity index (χ3v) is 3.77. The number of fused-ring (bicyclic) bond motifs is 1. The molecule has 1 heterocycles. The maximum Gasteiger partial charge on any atom is 0.125 e. The number of benzene rings is 2. The molecule has 104 valence electrons. The minimum atomic E-state index is -0.194. The van der Waals surface area contributed by atoms with Crippen LogP contribution >= 0.6 is 0 Å². The highest BCUT2D eigenvalue weighted by Gasteiger charge is 2.13. The predicted molar refractivity (Wildman–Crippen MR) is 82.3 cm³/mol. The third kappa shape index (κ3) is 2.48. The number of hydrogen-bond donors (Lipinski definition) is 1. The fraction of sp³-hybridized carbons (Fsp3) is 0.294. The standard InChI is InChI=1S/C17H19FN2/c1-2-20(15-7-3-6-14(18)12-15)16-8-9-17-13(11-16)5-4-10-19-17/h3,6-9,11-12,19H,2,4-5,10H2,1H3. The van der Waals surface area contributed by atoms with E-state index in [9.17, 15) is 4.39 Å². The van der Waals surface area contributed by atoms with Crippen molar-refractivity contribution >= 4 is 17.1 Å². The van der Waals surface area contributed by atoms with Crippen molar-refractivity contribution in [3.05, 3.63) is 53.8 Å². The first-order valence-electron chi connectivity index (χ1n) is 7.18. The van der Waals surface area contributed by atoms with Gasteiger partial charge in [-0.3, -0.25) is 0 Å². The lowest BCUT2D eigenvalue weighted by Crippen LogP contribution is -2.18. The molecule has 2 aromatic rings. The van der Waals surface area contributed by atoms with Crippen LogP contribution in [-0.4, -0.2) is 13.1 Å². The van der Waals surface area contributed by atoms with E-state index in [1.807, 2.05) is 6.07 Å². The third-order valence-electron chi connectivity index (χ3n) is 3.77. The quantitative estimate of drug-likeness (QED) is 0.892. The minimum Gasteiger partial charge on any atom is -0.385 e. The van der Waals surface area contributed by atoms with Crippen LogP contribution < -0.4 is 10.2 Å². The fourth-order valence-corrected chi connectivity index (χ4v) is 2.79. The maximum atomic E-state index is 13.4. The van der Waals surface area contributed by atoms with Crippen LogP contribution in [0.15, 0.2) is 42.5 Å². The summed E-state index contributed by atoms with van der Waals surface area (Å²) in [6.07, 6.45) is 2.28. The van der Waals surface area contributed by atoms with E-state index >= 15 is 0 Å². The Hall–Kier alpha value is -2.03. The van der Waals surface area contributed by atoms with Gasteiger partial charge in [-0.2, -0.15) is 0 Å². The van der Waals surface area contributed by atoms with Gasteiger partial charge in [-0.25, -0.2) is 4.39 Å². The Morgan fingerprint density at radius 2 is 2.00 bits per heavy atom. The molecule has 0 unspecified atom stereocenters. The second kappa shape index (κ2) is 5.53. The first-order chi connectivity index (χ1) is 9.78. The molecular weight excluding hydrogens is 251 g/mol. The molecule has 0 saturated heterocycles. The van der Waals surface area contributed by atoms with Crippen molar-refractivity contribution in [1.29, 1.82) is 0 Å². The number of halogens is 1. The van der Waals surface area contributed by atoms with E-state index in [1.54, 1.807) is 12.1 Å². The monoisotopic (exact) mass is 270 g/mol. The lowest BCUT2D eigenvalue weighted by Gasteiger charge is -2.26. The molecule has 2 nitrogen and oxygen atoms in total. The molecule has 0 saturated carbocycles. The van der Waals surface area contributed by atoms with Gasteiger partial charge in [-0.15, -0.1) is 0 Å². The number of anilines is 3.